The first kappa shape index (κ1) is 27.2. The van der Waals surface area contributed by atoms with Gasteiger partial charge in [-0.15, -0.1) is 0 Å². The highest BCUT2D eigenvalue weighted by Crippen LogP contribution is 2.43. The van der Waals surface area contributed by atoms with E-state index >= 15 is 0 Å². The van der Waals surface area contributed by atoms with E-state index in [2.05, 4.69) is 41.5 Å². The second kappa shape index (κ2) is 12.4. The molecule has 2 aliphatic rings. The maximum absolute atomic E-state index is 11.9. The number of hydrogen-bond donors (Lipinski definition) is 0. The number of carbonyl (C=O) groups excluding carboxylic acids is 2. The van der Waals surface area contributed by atoms with E-state index in [9.17, 15) is 9.59 Å². The quantitative estimate of drug-likeness (QED) is 0.198. The normalized spacial score (nSPS) is 26.7. The molecule has 0 spiro atoms. The smallest absolute Gasteiger partial charge is 0.417 e. The molecule has 0 aromatic rings. The fourth-order valence-corrected chi connectivity index (χ4v) is 6.21. The average Bonchev–Trinajstić information content (AvgIpc) is 2.72. The van der Waals surface area contributed by atoms with Crippen LogP contribution in [0, 0.1) is 34.5 Å². The van der Waals surface area contributed by atoms with Gasteiger partial charge in [-0.3, -0.25) is 0 Å². The van der Waals surface area contributed by atoms with Gasteiger partial charge in [0.25, 0.3) is 0 Å². The summed E-state index contributed by atoms with van der Waals surface area (Å²) in [5, 5.41) is 0. The predicted octanol–water partition coefficient (Wildman–Crippen LogP) is 7.34. The van der Waals surface area contributed by atoms with E-state index in [0.29, 0.717) is 35.9 Å². The highest BCUT2D eigenvalue weighted by Gasteiger charge is 2.31. The first-order valence-corrected chi connectivity index (χ1v) is 13.3. The number of carbonyl (C=O) groups is 2. The minimum atomic E-state index is -0.835. The van der Waals surface area contributed by atoms with Crippen molar-refractivity contribution in [3.63, 3.8) is 0 Å². The summed E-state index contributed by atoms with van der Waals surface area (Å²) >= 11 is 0. The lowest BCUT2D eigenvalue weighted by Crippen LogP contribution is -2.27. The molecule has 0 aromatic heterocycles. The van der Waals surface area contributed by atoms with Crippen LogP contribution in [-0.2, 0) is 19.1 Å². The standard InChI is InChI=1S/C28H50O4/c1-21(23-13-7-15-27(3,4)19-23)11-9-17-31-25(29)26(30)32-18-10-12-22(2)24-14-8-16-28(5,6)20-24/h21-24H,7-20H2,1-6H3. The molecule has 2 fully saturated rings. The molecule has 0 aromatic carbocycles. The summed E-state index contributed by atoms with van der Waals surface area (Å²) in [5.41, 5.74) is 0.913. The van der Waals surface area contributed by atoms with Gasteiger partial charge >= 0.3 is 11.9 Å². The van der Waals surface area contributed by atoms with Gasteiger partial charge in [0.1, 0.15) is 0 Å². The van der Waals surface area contributed by atoms with Crippen molar-refractivity contribution in [3.05, 3.63) is 0 Å². The van der Waals surface area contributed by atoms with Gasteiger partial charge in [-0.25, -0.2) is 9.59 Å². The lowest BCUT2D eigenvalue weighted by atomic mass is 9.68. The van der Waals surface area contributed by atoms with E-state index in [-0.39, 0.29) is 0 Å². The monoisotopic (exact) mass is 450 g/mol. The second-order valence-electron chi connectivity index (χ2n) is 12.6. The zero-order valence-corrected chi connectivity index (χ0v) is 21.8. The highest BCUT2D eigenvalue weighted by atomic mass is 16.6. The zero-order chi connectivity index (χ0) is 23.8. The Kier molecular flexibility index (Phi) is 10.5. The van der Waals surface area contributed by atoms with Gasteiger partial charge < -0.3 is 9.47 Å². The molecule has 0 N–H and O–H groups in total. The van der Waals surface area contributed by atoms with Crippen LogP contribution in [0.2, 0.25) is 0 Å². The van der Waals surface area contributed by atoms with Gasteiger partial charge in [-0.1, -0.05) is 67.2 Å². The maximum atomic E-state index is 11.9. The molecule has 4 heteroatoms. The van der Waals surface area contributed by atoms with E-state index in [0.717, 1.165) is 37.5 Å². The van der Waals surface area contributed by atoms with Crippen molar-refractivity contribution in [2.24, 2.45) is 34.5 Å². The van der Waals surface area contributed by atoms with E-state index in [4.69, 9.17) is 9.47 Å². The van der Waals surface area contributed by atoms with Gasteiger partial charge in [-0.2, -0.15) is 0 Å². The Balaban J connectivity index is 1.54. The summed E-state index contributed by atoms with van der Waals surface area (Å²) < 4.78 is 10.3. The van der Waals surface area contributed by atoms with Crippen LogP contribution in [0.1, 0.15) is 119 Å². The van der Waals surface area contributed by atoms with Crippen LogP contribution in [0.25, 0.3) is 0 Å². The lowest BCUT2D eigenvalue weighted by Gasteiger charge is -2.38. The molecule has 32 heavy (non-hydrogen) atoms. The molecule has 4 nitrogen and oxygen atoms in total. The molecular weight excluding hydrogens is 400 g/mol. The fraction of sp³-hybridized carbons (Fsp3) is 0.929. The molecular formula is C28H50O4. The van der Waals surface area contributed by atoms with E-state index in [1.165, 1.54) is 51.4 Å². The van der Waals surface area contributed by atoms with Crippen LogP contribution in [0.15, 0.2) is 0 Å². The number of rotatable bonds is 10. The maximum Gasteiger partial charge on any atom is 0.417 e. The molecule has 2 saturated carbocycles. The molecule has 0 saturated heterocycles. The third kappa shape index (κ3) is 9.43. The molecule has 2 rings (SSSR count). The highest BCUT2D eigenvalue weighted by molar-refractivity contribution is 6.29. The predicted molar refractivity (Wildman–Crippen MR) is 130 cm³/mol. The van der Waals surface area contributed by atoms with E-state index in [1.807, 2.05) is 0 Å². The van der Waals surface area contributed by atoms with Crippen molar-refractivity contribution >= 4 is 11.9 Å². The topological polar surface area (TPSA) is 52.6 Å². The molecule has 0 radical (unpaired) electrons. The van der Waals surface area contributed by atoms with Gasteiger partial charge in [0.15, 0.2) is 0 Å². The third-order valence-corrected chi connectivity index (χ3v) is 8.34. The second-order valence-corrected chi connectivity index (χ2v) is 12.6. The van der Waals surface area contributed by atoms with E-state index < -0.39 is 11.9 Å². The fourth-order valence-electron chi connectivity index (χ4n) is 6.21. The van der Waals surface area contributed by atoms with Crippen LogP contribution in [-0.4, -0.2) is 25.2 Å². The van der Waals surface area contributed by atoms with Crippen LogP contribution in [0.3, 0.4) is 0 Å². The zero-order valence-electron chi connectivity index (χ0n) is 21.8. The SMILES string of the molecule is CC(CCCOC(=O)C(=O)OCCCC(C)C1CCCC(C)(C)C1)C1CCCC(C)(C)C1. The molecule has 2 aliphatic carbocycles. The van der Waals surface area contributed by atoms with Crippen LogP contribution < -0.4 is 0 Å². The lowest BCUT2D eigenvalue weighted by molar-refractivity contribution is -0.167. The van der Waals surface area contributed by atoms with Gasteiger partial charge in [0.2, 0.25) is 0 Å². The molecule has 4 atom stereocenters. The third-order valence-electron chi connectivity index (χ3n) is 8.34. The Morgan fingerprint density at radius 1 is 0.750 bits per heavy atom. The average molecular weight is 451 g/mol. The minimum Gasteiger partial charge on any atom is -0.457 e. The molecule has 0 aliphatic heterocycles. The summed E-state index contributed by atoms with van der Waals surface area (Å²) in [6, 6.07) is 0. The molecule has 4 unspecified atom stereocenters. The largest absolute Gasteiger partial charge is 0.457 e. The van der Waals surface area contributed by atoms with Gasteiger partial charge in [0, 0.05) is 0 Å². The molecule has 0 bridgehead atoms. The number of hydrogen-bond acceptors (Lipinski definition) is 4. The minimum absolute atomic E-state index is 0.308. The summed E-state index contributed by atoms with van der Waals surface area (Å²) in [7, 11) is 0. The number of esters is 2. The summed E-state index contributed by atoms with van der Waals surface area (Å²) in [6.07, 6.45) is 14.2. The van der Waals surface area contributed by atoms with Crippen molar-refractivity contribution < 1.29 is 19.1 Å². The summed E-state index contributed by atoms with van der Waals surface area (Å²) in [4.78, 5) is 23.8. The summed E-state index contributed by atoms with van der Waals surface area (Å²) in [5.74, 6) is 1.13. The molecule has 0 heterocycles. The Hall–Kier alpha value is -1.06. The van der Waals surface area contributed by atoms with Crippen LogP contribution in [0.4, 0.5) is 0 Å². The van der Waals surface area contributed by atoms with Crippen molar-refractivity contribution in [1.29, 1.82) is 0 Å². The van der Waals surface area contributed by atoms with Crippen molar-refractivity contribution in [2.75, 3.05) is 13.2 Å². The van der Waals surface area contributed by atoms with Crippen LogP contribution in [0.5, 0.6) is 0 Å². The van der Waals surface area contributed by atoms with Crippen molar-refractivity contribution in [3.8, 4) is 0 Å². The number of ether oxygens (including phenoxy) is 2. The van der Waals surface area contributed by atoms with Gasteiger partial charge in [-0.05, 0) is 85.9 Å². The Labute approximate surface area is 197 Å². The van der Waals surface area contributed by atoms with E-state index in [1.54, 1.807) is 0 Å². The molecule has 186 valence electrons. The Morgan fingerprint density at radius 3 is 1.47 bits per heavy atom. The first-order chi connectivity index (χ1) is 15.0. The van der Waals surface area contributed by atoms with Crippen LogP contribution >= 0.6 is 0 Å². The van der Waals surface area contributed by atoms with Crippen molar-refractivity contribution in [1.82, 2.24) is 0 Å². The summed E-state index contributed by atoms with van der Waals surface area (Å²) in [6.45, 7) is 14.7. The molecule has 0 amide bonds. The first-order valence-electron chi connectivity index (χ1n) is 13.3. The Morgan fingerprint density at radius 2 is 1.12 bits per heavy atom. The van der Waals surface area contributed by atoms with Gasteiger partial charge in [0.05, 0.1) is 13.2 Å². The van der Waals surface area contributed by atoms with Crippen molar-refractivity contribution in [2.45, 2.75) is 119 Å². The Bertz CT molecular complexity index is 542.